The third kappa shape index (κ3) is 2.48. The highest BCUT2D eigenvalue weighted by molar-refractivity contribution is 6.22. The Morgan fingerprint density at radius 1 is 0.778 bits per heavy atom. The first-order valence-electron chi connectivity index (χ1n) is 5.03. The summed E-state index contributed by atoms with van der Waals surface area (Å²) in [6.07, 6.45) is 0. The zero-order valence-corrected chi connectivity index (χ0v) is 9.69. The van der Waals surface area contributed by atoms with E-state index in [1.807, 2.05) is 0 Å². The summed E-state index contributed by atoms with van der Waals surface area (Å²) < 4.78 is 52.0. The topological polar surface area (TPSA) is 0 Å². The molecule has 0 aliphatic heterocycles. The Kier molecular flexibility index (Phi) is 3.57. The minimum absolute atomic E-state index is 0.00377. The average molecular weight is 275 g/mol. The molecule has 0 saturated heterocycles. The number of halogens is 5. The summed E-state index contributed by atoms with van der Waals surface area (Å²) in [5.41, 5.74) is 0.199. The van der Waals surface area contributed by atoms with E-state index in [1.54, 1.807) is 0 Å². The molecule has 0 nitrogen and oxygen atoms in total. The van der Waals surface area contributed by atoms with Crippen LogP contribution in [0.1, 0.15) is 16.5 Å². The lowest BCUT2D eigenvalue weighted by Gasteiger charge is -2.11. The van der Waals surface area contributed by atoms with Crippen molar-refractivity contribution in [3.8, 4) is 0 Å². The molecule has 94 valence electrons. The van der Waals surface area contributed by atoms with E-state index >= 15 is 0 Å². The molecule has 2 aromatic rings. The number of rotatable bonds is 2. The van der Waals surface area contributed by atoms with E-state index in [4.69, 9.17) is 11.6 Å². The smallest absolute Gasteiger partial charge is 0.159 e. The second-order valence-corrected chi connectivity index (χ2v) is 4.14. The molecule has 0 heterocycles. The van der Waals surface area contributed by atoms with Gasteiger partial charge in [-0.2, -0.15) is 0 Å². The Balaban J connectivity index is 2.41. The lowest BCUT2D eigenvalue weighted by Crippen LogP contribution is -1.99. The van der Waals surface area contributed by atoms with Crippen LogP contribution in [0.3, 0.4) is 0 Å². The largest absolute Gasteiger partial charge is 0.207 e. The Hall–Kier alpha value is -1.55. The fourth-order valence-electron chi connectivity index (χ4n) is 1.56. The van der Waals surface area contributed by atoms with Gasteiger partial charge >= 0.3 is 0 Å². The third-order valence-electron chi connectivity index (χ3n) is 2.47. The van der Waals surface area contributed by atoms with Crippen molar-refractivity contribution in [1.82, 2.24) is 0 Å². The average Bonchev–Trinajstić information content (AvgIpc) is 2.32. The molecule has 0 aliphatic rings. The van der Waals surface area contributed by atoms with Gasteiger partial charge in [0.1, 0.15) is 11.6 Å². The van der Waals surface area contributed by atoms with Crippen LogP contribution in [0.25, 0.3) is 0 Å². The van der Waals surface area contributed by atoms with Crippen LogP contribution in [0.5, 0.6) is 0 Å². The van der Waals surface area contributed by atoms with Crippen molar-refractivity contribution in [2.45, 2.75) is 5.38 Å². The highest BCUT2D eigenvalue weighted by Gasteiger charge is 2.17. The molecule has 0 spiro atoms. The molecule has 1 unspecified atom stereocenters. The van der Waals surface area contributed by atoms with Crippen LogP contribution in [0, 0.1) is 23.3 Å². The maximum absolute atomic E-state index is 13.5. The lowest BCUT2D eigenvalue weighted by molar-refractivity contribution is 0.507. The van der Waals surface area contributed by atoms with Crippen LogP contribution in [0.15, 0.2) is 36.4 Å². The summed E-state index contributed by atoms with van der Waals surface area (Å²) in [6, 6.07) is 5.94. The maximum Gasteiger partial charge on any atom is 0.159 e. The van der Waals surface area contributed by atoms with Gasteiger partial charge in [0.15, 0.2) is 11.6 Å². The van der Waals surface area contributed by atoms with Crippen LogP contribution in [-0.2, 0) is 0 Å². The molecule has 2 aromatic carbocycles. The molecule has 0 aromatic heterocycles. The van der Waals surface area contributed by atoms with E-state index < -0.39 is 28.6 Å². The van der Waals surface area contributed by atoms with Crippen molar-refractivity contribution in [1.29, 1.82) is 0 Å². The molecule has 0 amide bonds. The molecule has 0 bridgehead atoms. The van der Waals surface area contributed by atoms with Gasteiger partial charge in [-0.05, 0) is 23.8 Å². The van der Waals surface area contributed by atoms with Gasteiger partial charge in [-0.3, -0.25) is 0 Å². The maximum atomic E-state index is 13.5. The number of alkyl halides is 1. The third-order valence-corrected chi connectivity index (χ3v) is 2.96. The molecule has 18 heavy (non-hydrogen) atoms. The van der Waals surface area contributed by atoms with Crippen LogP contribution in [0.4, 0.5) is 17.6 Å². The molecular weight excluding hydrogens is 268 g/mol. The first kappa shape index (κ1) is 12.9. The van der Waals surface area contributed by atoms with Crippen molar-refractivity contribution in [3.05, 3.63) is 70.8 Å². The molecule has 0 saturated carbocycles. The molecule has 0 radical (unpaired) electrons. The zero-order valence-electron chi connectivity index (χ0n) is 8.93. The van der Waals surface area contributed by atoms with Gasteiger partial charge in [-0.1, -0.05) is 12.1 Å². The van der Waals surface area contributed by atoms with E-state index in [2.05, 4.69) is 0 Å². The number of hydrogen-bond donors (Lipinski definition) is 0. The van der Waals surface area contributed by atoms with Crippen LogP contribution in [-0.4, -0.2) is 0 Å². The molecule has 0 N–H and O–H groups in total. The van der Waals surface area contributed by atoms with Gasteiger partial charge in [0.2, 0.25) is 0 Å². The van der Waals surface area contributed by atoms with Crippen LogP contribution >= 0.6 is 11.6 Å². The van der Waals surface area contributed by atoms with Crippen molar-refractivity contribution < 1.29 is 17.6 Å². The van der Waals surface area contributed by atoms with E-state index in [1.165, 1.54) is 12.1 Å². The second-order valence-electron chi connectivity index (χ2n) is 3.70. The fourth-order valence-corrected chi connectivity index (χ4v) is 1.87. The normalized spacial score (nSPS) is 12.5. The van der Waals surface area contributed by atoms with Crippen molar-refractivity contribution in [3.63, 3.8) is 0 Å². The molecule has 2 rings (SSSR count). The minimum atomic E-state index is -1.07. The highest BCUT2D eigenvalue weighted by atomic mass is 35.5. The van der Waals surface area contributed by atoms with Gasteiger partial charge in [-0.25, -0.2) is 17.6 Å². The summed E-state index contributed by atoms with van der Waals surface area (Å²) >= 11 is 5.96. The standard InChI is InChI=1S/C13H7ClF4/c14-13(7-1-4-10(16)12(18)5-7)9-3-2-8(15)6-11(9)17/h1-6,13H. The van der Waals surface area contributed by atoms with E-state index in [-0.39, 0.29) is 11.1 Å². The molecule has 0 aliphatic carbocycles. The first-order chi connectivity index (χ1) is 8.49. The summed E-state index contributed by atoms with van der Waals surface area (Å²) in [4.78, 5) is 0. The fraction of sp³-hybridized carbons (Fsp3) is 0.0769. The van der Waals surface area contributed by atoms with Gasteiger partial charge in [0.25, 0.3) is 0 Å². The van der Waals surface area contributed by atoms with Gasteiger partial charge < -0.3 is 0 Å². The van der Waals surface area contributed by atoms with Crippen molar-refractivity contribution in [2.75, 3.05) is 0 Å². The summed E-state index contributed by atoms with van der Waals surface area (Å²) in [5.74, 6) is -3.65. The summed E-state index contributed by atoms with van der Waals surface area (Å²) in [5, 5.41) is -1.01. The van der Waals surface area contributed by atoms with Crippen molar-refractivity contribution in [2.24, 2.45) is 0 Å². The van der Waals surface area contributed by atoms with Gasteiger partial charge in [0, 0.05) is 11.6 Å². The lowest BCUT2D eigenvalue weighted by atomic mass is 10.0. The predicted molar refractivity (Wildman–Crippen MR) is 60.4 cm³/mol. The van der Waals surface area contributed by atoms with E-state index in [0.29, 0.717) is 6.07 Å². The Bertz CT molecular complexity index is 583. The molecule has 1 atom stereocenters. The van der Waals surface area contributed by atoms with Crippen LogP contribution < -0.4 is 0 Å². The molecule has 5 heteroatoms. The Morgan fingerprint density at radius 3 is 2.11 bits per heavy atom. The second kappa shape index (κ2) is 4.98. The quantitative estimate of drug-likeness (QED) is 0.556. The zero-order chi connectivity index (χ0) is 13.3. The van der Waals surface area contributed by atoms with E-state index in [9.17, 15) is 17.6 Å². The first-order valence-corrected chi connectivity index (χ1v) is 5.46. The van der Waals surface area contributed by atoms with Gasteiger partial charge in [-0.15, -0.1) is 11.6 Å². The Labute approximate surface area is 106 Å². The van der Waals surface area contributed by atoms with Gasteiger partial charge in [0.05, 0.1) is 5.38 Å². The Morgan fingerprint density at radius 2 is 1.50 bits per heavy atom. The van der Waals surface area contributed by atoms with Crippen LogP contribution in [0.2, 0.25) is 0 Å². The highest BCUT2D eigenvalue weighted by Crippen LogP contribution is 2.31. The van der Waals surface area contributed by atoms with Crippen molar-refractivity contribution >= 4 is 11.6 Å². The predicted octanol–water partition coefficient (Wildman–Crippen LogP) is 4.57. The minimum Gasteiger partial charge on any atom is -0.207 e. The summed E-state index contributed by atoms with van der Waals surface area (Å²) in [6.45, 7) is 0. The number of benzene rings is 2. The van der Waals surface area contributed by atoms with E-state index in [0.717, 1.165) is 18.2 Å². The SMILES string of the molecule is Fc1ccc(C(Cl)c2ccc(F)c(F)c2)c(F)c1. The number of hydrogen-bond acceptors (Lipinski definition) is 0. The monoisotopic (exact) mass is 274 g/mol. The summed E-state index contributed by atoms with van der Waals surface area (Å²) in [7, 11) is 0. The molecular formula is C13H7ClF4. The molecule has 0 fully saturated rings.